The van der Waals surface area contributed by atoms with Gasteiger partial charge in [-0.1, -0.05) is 18.2 Å². The lowest BCUT2D eigenvalue weighted by atomic mass is 10.1. The number of aliphatic hydroxyl groups excluding tert-OH is 1. The molecular formula is C20H18FNO5S. The van der Waals surface area contributed by atoms with Gasteiger partial charge in [0.25, 0.3) is 11.8 Å². The average molecular weight is 403 g/mol. The molecule has 0 saturated carbocycles. The van der Waals surface area contributed by atoms with Crippen molar-refractivity contribution in [1.82, 2.24) is 0 Å². The lowest BCUT2D eigenvalue weighted by Gasteiger charge is -2.16. The zero-order valence-corrected chi connectivity index (χ0v) is 16.1. The van der Waals surface area contributed by atoms with Gasteiger partial charge in [0.15, 0.2) is 11.5 Å². The molecule has 2 amide bonds. The van der Waals surface area contributed by atoms with Gasteiger partial charge in [0, 0.05) is 5.75 Å². The number of amides is 2. The molecule has 0 radical (unpaired) electrons. The zero-order chi connectivity index (χ0) is 20.3. The van der Waals surface area contributed by atoms with Crippen LogP contribution in [0.25, 0.3) is 5.57 Å². The Hall–Kier alpha value is -2.84. The second kappa shape index (κ2) is 8.45. The second-order valence-electron chi connectivity index (χ2n) is 5.74. The molecule has 0 aliphatic carbocycles. The third kappa shape index (κ3) is 3.48. The van der Waals surface area contributed by atoms with Gasteiger partial charge in [0.1, 0.15) is 5.82 Å². The van der Waals surface area contributed by atoms with Crippen LogP contribution >= 0.6 is 11.8 Å². The van der Waals surface area contributed by atoms with E-state index in [1.807, 2.05) is 0 Å². The van der Waals surface area contributed by atoms with Crippen LogP contribution in [0, 0.1) is 5.82 Å². The Morgan fingerprint density at radius 3 is 2.39 bits per heavy atom. The molecular weight excluding hydrogens is 385 g/mol. The smallest absolute Gasteiger partial charge is 0.272 e. The number of carbonyl (C=O) groups excluding carboxylic acids is 2. The Labute approximate surface area is 165 Å². The summed E-state index contributed by atoms with van der Waals surface area (Å²) in [5.74, 6) is -0.857. The highest BCUT2D eigenvalue weighted by Gasteiger charge is 2.41. The number of hydrogen-bond donors (Lipinski definition) is 1. The molecule has 1 N–H and O–H groups in total. The first kappa shape index (κ1) is 19.9. The van der Waals surface area contributed by atoms with Gasteiger partial charge in [-0.3, -0.25) is 9.59 Å². The molecule has 0 atom stereocenters. The maximum Gasteiger partial charge on any atom is 0.272 e. The maximum absolute atomic E-state index is 14.3. The van der Waals surface area contributed by atoms with Gasteiger partial charge in [-0.05, 0) is 29.8 Å². The molecule has 2 aromatic rings. The summed E-state index contributed by atoms with van der Waals surface area (Å²) in [6, 6.07) is 10.4. The van der Waals surface area contributed by atoms with Gasteiger partial charge in [-0.2, -0.15) is 0 Å². The van der Waals surface area contributed by atoms with E-state index in [2.05, 4.69) is 0 Å². The Balaban J connectivity index is 2.12. The Bertz CT molecular complexity index is 959. The summed E-state index contributed by atoms with van der Waals surface area (Å²) in [6.07, 6.45) is 0. The van der Waals surface area contributed by atoms with E-state index in [0.29, 0.717) is 17.1 Å². The van der Waals surface area contributed by atoms with Crippen molar-refractivity contribution in [2.24, 2.45) is 0 Å². The molecule has 2 aromatic carbocycles. The van der Waals surface area contributed by atoms with Crippen molar-refractivity contribution < 1.29 is 28.6 Å². The highest BCUT2D eigenvalue weighted by molar-refractivity contribution is 8.04. The number of carbonyl (C=O) groups is 2. The summed E-state index contributed by atoms with van der Waals surface area (Å²) in [4.78, 5) is 27.1. The number of ether oxygens (including phenoxy) is 2. The molecule has 0 spiro atoms. The Morgan fingerprint density at radius 1 is 1.04 bits per heavy atom. The van der Waals surface area contributed by atoms with Gasteiger partial charge in [0.2, 0.25) is 0 Å². The molecule has 0 unspecified atom stereocenters. The number of nitrogens with zero attached hydrogens (tertiary/aromatic N) is 1. The zero-order valence-electron chi connectivity index (χ0n) is 15.3. The van der Waals surface area contributed by atoms with Crippen LogP contribution < -0.4 is 14.4 Å². The standard InChI is InChI=1S/C20H18FNO5S/c1-26-15-8-7-12(11-16(15)27-2)17-18(28-10-9-23)20(25)22(19(17)24)14-6-4-3-5-13(14)21/h3-8,11,23H,9-10H2,1-2H3. The van der Waals surface area contributed by atoms with Crippen LogP contribution in [-0.4, -0.2) is 43.5 Å². The first-order valence-electron chi connectivity index (χ1n) is 8.37. The van der Waals surface area contributed by atoms with Crippen LogP contribution in [0.5, 0.6) is 11.5 Å². The lowest BCUT2D eigenvalue weighted by molar-refractivity contribution is -0.119. The number of halogens is 1. The van der Waals surface area contributed by atoms with E-state index in [-0.39, 0.29) is 28.5 Å². The predicted molar refractivity (Wildman–Crippen MR) is 105 cm³/mol. The predicted octanol–water partition coefficient (Wildman–Crippen LogP) is 2.85. The van der Waals surface area contributed by atoms with E-state index in [9.17, 15) is 14.0 Å². The van der Waals surface area contributed by atoms with Crippen molar-refractivity contribution in [1.29, 1.82) is 0 Å². The fourth-order valence-electron chi connectivity index (χ4n) is 2.89. The van der Waals surface area contributed by atoms with Crippen molar-refractivity contribution in [3.05, 3.63) is 58.8 Å². The second-order valence-corrected chi connectivity index (χ2v) is 6.85. The molecule has 0 bridgehead atoms. The molecule has 6 nitrogen and oxygen atoms in total. The van der Waals surface area contributed by atoms with E-state index >= 15 is 0 Å². The van der Waals surface area contributed by atoms with Crippen LogP contribution in [0.4, 0.5) is 10.1 Å². The van der Waals surface area contributed by atoms with Gasteiger partial charge >= 0.3 is 0 Å². The summed E-state index contributed by atoms with van der Waals surface area (Å²) in [6.45, 7) is -0.172. The quantitative estimate of drug-likeness (QED) is 0.717. The topological polar surface area (TPSA) is 76.1 Å². The van der Waals surface area contributed by atoms with E-state index in [4.69, 9.17) is 14.6 Å². The van der Waals surface area contributed by atoms with Gasteiger partial charge < -0.3 is 14.6 Å². The molecule has 1 heterocycles. The molecule has 0 aromatic heterocycles. The van der Waals surface area contributed by atoms with Crippen molar-refractivity contribution in [2.45, 2.75) is 0 Å². The number of methoxy groups -OCH3 is 2. The van der Waals surface area contributed by atoms with Gasteiger partial charge in [-0.15, -0.1) is 11.8 Å². The molecule has 146 valence electrons. The van der Waals surface area contributed by atoms with Crippen molar-refractivity contribution in [3.8, 4) is 11.5 Å². The number of anilines is 1. The molecule has 28 heavy (non-hydrogen) atoms. The normalized spacial score (nSPS) is 14.1. The minimum absolute atomic E-state index is 0.116. The summed E-state index contributed by atoms with van der Waals surface area (Å²) in [7, 11) is 2.95. The molecule has 0 fully saturated rings. The fourth-order valence-corrected chi connectivity index (χ4v) is 3.75. The first-order chi connectivity index (χ1) is 13.5. The number of imide groups is 1. The number of hydrogen-bond acceptors (Lipinski definition) is 6. The minimum Gasteiger partial charge on any atom is -0.493 e. The molecule has 0 saturated heterocycles. The molecule has 1 aliphatic rings. The van der Waals surface area contributed by atoms with Gasteiger partial charge in [0.05, 0.1) is 37.0 Å². The van der Waals surface area contributed by atoms with E-state index in [1.165, 1.54) is 32.4 Å². The fraction of sp³-hybridized carbons (Fsp3) is 0.200. The largest absolute Gasteiger partial charge is 0.493 e. The summed E-state index contributed by atoms with van der Waals surface area (Å²) < 4.78 is 24.8. The maximum atomic E-state index is 14.3. The summed E-state index contributed by atoms with van der Waals surface area (Å²) in [5.41, 5.74) is 0.456. The Morgan fingerprint density at radius 2 is 1.75 bits per heavy atom. The van der Waals surface area contributed by atoms with Crippen molar-refractivity contribution in [3.63, 3.8) is 0 Å². The lowest BCUT2D eigenvalue weighted by Crippen LogP contribution is -2.32. The highest BCUT2D eigenvalue weighted by Crippen LogP contribution is 2.41. The van der Waals surface area contributed by atoms with Crippen molar-refractivity contribution >= 4 is 34.8 Å². The third-order valence-electron chi connectivity index (χ3n) is 4.14. The first-order valence-corrected chi connectivity index (χ1v) is 9.35. The number of aliphatic hydroxyl groups is 1. The number of para-hydroxylation sites is 1. The van der Waals surface area contributed by atoms with Crippen LogP contribution in [0.15, 0.2) is 47.4 Å². The van der Waals surface area contributed by atoms with Crippen LogP contribution in [0.3, 0.4) is 0 Å². The molecule has 1 aliphatic heterocycles. The third-order valence-corrected chi connectivity index (χ3v) is 5.20. The SMILES string of the molecule is COc1ccc(C2=C(SCCO)C(=O)N(c3ccccc3F)C2=O)cc1OC. The number of thioether (sulfide) groups is 1. The number of rotatable bonds is 7. The van der Waals surface area contributed by atoms with Crippen LogP contribution in [-0.2, 0) is 9.59 Å². The van der Waals surface area contributed by atoms with Crippen LogP contribution in [0.2, 0.25) is 0 Å². The monoisotopic (exact) mass is 403 g/mol. The minimum atomic E-state index is -0.677. The van der Waals surface area contributed by atoms with Crippen molar-refractivity contribution in [2.75, 3.05) is 31.5 Å². The summed E-state index contributed by atoms with van der Waals surface area (Å²) >= 11 is 1.05. The van der Waals surface area contributed by atoms with Crippen LogP contribution in [0.1, 0.15) is 5.56 Å². The highest BCUT2D eigenvalue weighted by atomic mass is 32.2. The van der Waals surface area contributed by atoms with E-state index < -0.39 is 17.6 Å². The summed E-state index contributed by atoms with van der Waals surface area (Å²) in [5, 5.41) is 9.16. The molecule has 3 rings (SSSR count). The van der Waals surface area contributed by atoms with E-state index in [0.717, 1.165) is 16.7 Å². The number of benzene rings is 2. The van der Waals surface area contributed by atoms with E-state index in [1.54, 1.807) is 24.3 Å². The Kier molecular flexibility index (Phi) is 6.01. The molecule has 8 heteroatoms. The average Bonchev–Trinajstić information content (AvgIpc) is 2.95. The van der Waals surface area contributed by atoms with Gasteiger partial charge in [-0.25, -0.2) is 9.29 Å².